The largest absolute Gasteiger partial charge is 0.375 e. The molecule has 0 N–H and O–H groups in total. The van der Waals surface area contributed by atoms with Gasteiger partial charge < -0.3 is 9.69 Å². The van der Waals surface area contributed by atoms with Gasteiger partial charge in [-0.3, -0.25) is 0 Å². The Hall–Kier alpha value is -0.0100. The number of unbranched alkanes of at least 4 members (excludes halogenated alkanes) is 1. The van der Waals surface area contributed by atoms with E-state index < -0.39 is 5.59 Å². The molecule has 1 rings (SSSR count). The number of hydrogen-bond donors (Lipinski definition) is 0. The van der Waals surface area contributed by atoms with Crippen molar-refractivity contribution in [3.8, 4) is 0 Å². The van der Waals surface area contributed by atoms with Crippen LogP contribution in [-0.2, 0) is 16.6 Å². The fourth-order valence-corrected chi connectivity index (χ4v) is 4.73. The standard InChI is InChI=1S/C11H16NOP2S2/c1-12(8-2-3-9-13)10-4-6-11(7-5-10)17-15(14)16/h4-7,9H,2-3,8,14H2,1H3/q+1. The van der Waals surface area contributed by atoms with E-state index in [1.807, 2.05) is 7.05 Å². The van der Waals surface area contributed by atoms with Crippen molar-refractivity contribution in [2.75, 3.05) is 18.5 Å². The highest BCUT2D eigenvalue weighted by Gasteiger charge is 2.07. The van der Waals surface area contributed by atoms with Crippen molar-refractivity contribution in [3.05, 3.63) is 24.3 Å². The number of rotatable bonds is 7. The number of anilines is 1. The second-order valence-corrected chi connectivity index (χ2v) is 12.2. The molecular formula is C11H16NOP2S2+. The number of carbonyl (C=O) groups is 1. The molecule has 0 radical (unpaired) electrons. The van der Waals surface area contributed by atoms with Crippen LogP contribution in [0, 0.1) is 0 Å². The van der Waals surface area contributed by atoms with Gasteiger partial charge in [0.2, 0.25) is 0 Å². The van der Waals surface area contributed by atoms with Crippen LogP contribution in [0.3, 0.4) is 0 Å². The zero-order valence-electron chi connectivity index (χ0n) is 9.70. The fraction of sp³-hybridized carbons (Fsp3) is 0.364. The summed E-state index contributed by atoms with van der Waals surface area (Å²) in [6, 6.07) is 8.40. The zero-order valence-corrected chi connectivity index (χ0v) is 13.4. The summed E-state index contributed by atoms with van der Waals surface area (Å²) < 4.78 is 0. The first-order chi connectivity index (χ1) is 8.13. The molecule has 0 aliphatic rings. The van der Waals surface area contributed by atoms with E-state index in [1.54, 1.807) is 11.4 Å². The van der Waals surface area contributed by atoms with Crippen molar-refractivity contribution < 1.29 is 4.79 Å². The summed E-state index contributed by atoms with van der Waals surface area (Å²) in [6.45, 7) is 0.905. The highest BCUT2D eigenvalue weighted by atomic mass is 33.0. The lowest BCUT2D eigenvalue weighted by atomic mass is 10.2. The summed E-state index contributed by atoms with van der Waals surface area (Å²) in [6.07, 6.45) is 2.50. The minimum absolute atomic E-state index is 0.449. The molecule has 0 aliphatic heterocycles. The maximum Gasteiger partial charge on any atom is 0.261 e. The van der Waals surface area contributed by atoms with E-state index >= 15 is 0 Å². The van der Waals surface area contributed by atoms with E-state index in [9.17, 15) is 4.79 Å². The predicted molar refractivity (Wildman–Crippen MR) is 84.9 cm³/mol. The highest BCUT2D eigenvalue weighted by molar-refractivity contribution is 8.79. The normalized spacial score (nSPS) is 11.1. The number of benzene rings is 1. The molecule has 92 valence electrons. The summed E-state index contributed by atoms with van der Waals surface area (Å²) in [7, 11) is 4.71. The Morgan fingerprint density at radius 3 is 2.65 bits per heavy atom. The van der Waals surface area contributed by atoms with Crippen LogP contribution in [-0.4, -0.2) is 19.9 Å². The molecule has 2 atom stereocenters. The van der Waals surface area contributed by atoms with Gasteiger partial charge in [-0.1, -0.05) is 0 Å². The average molecular weight is 304 g/mol. The maximum atomic E-state index is 10.2. The highest BCUT2D eigenvalue weighted by Crippen LogP contribution is 2.50. The second-order valence-electron chi connectivity index (χ2n) is 3.60. The maximum absolute atomic E-state index is 10.2. The van der Waals surface area contributed by atoms with E-state index in [2.05, 4.69) is 38.1 Å². The molecule has 0 fully saturated rings. The molecule has 0 saturated heterocycles. The second kappa shape index (κ2) is 8.16. The first-order valence-corrected chi connectivity index (χ1v) is 10.7. The first kappa shape index (κ1) is 15.0. The molecule has 0 heterocycles. The number of hydrogen-bond acceptors (Lipinski definition) is 4. The van der Waals surface area contributed by atoms with E-state index in [1.165, 1.54) is 10.6 Å². The third-order valence-electron chi connectivity index (χ3n) is 2.29. The Morgan fingerprint density at radius 2 is 2.12 bits per heavy atom. The fourth-order valence-electron chi connectivity index (χ4n) is 1.41. The first-order valence-electron chi connectivity index (χ1n) is 5.28. The van der Waals surface area contributed by atoms with Gasteiger partial charge in [-0.2, -0.15) is 0 Å². The Morgan fingerprint density at radius 1 is 1.47 bits per heavy atom. The molecule has 0 aromatic heterocycles. The third-order valence-corrected chi connectivity index (χ3v) is 5.74. The van der Waals surface area contributed by atoms with E-state index in [0.29, 0.717) is 6.42 Å². The Kier molecular flexibility index (Phi) is 7.22. The predicted octanol–water partition coefficient (Wildman–Crippen LogP) is 3.84. The molecule has 0 amide bonds. The van der Waals surface area contributed by atoms with Crippen molar-refractivity contribution >= 4 is 49.7 Å². The molecule has 2 nitrogen and oxygen atoms in total. The van der Waals surface area contributed by atoms with Crippen molar-refractivity contribution in [2.45, 2.75) is 17.7 Å². The molecule has 17 heavy (non-hydrogen) atoms. The summed E-state index contributed by atoms with van der Waals surface area (Å²) in [5, 5.41) is 0. The number of carbonyl (C=O) groups excluding carboxylic acids is 1. The smallest absolute Gasteiger partial charge is 0.261 e. The van der Waals surface area contributed by atoms with Crippen LogP contribution in [0.1, 0.15) is 12.8 Å². The van der Waals surface area contributed by atoms with Gasteiger partial charge in [0.15, 0.2) is 11.8 Å². The molecule has 0 bridgehead atoms. The summed E-state index contributed by atoms with van der Waals surface area (Å²) in [5.74, 6) is 0. The van der Waals surface area contributed by atoms with E-state index in [0.717, 1.165) is 19.3 Å². The zero-order chi connectivity index (χ0) is 12.7. The Labute approximate surface area is 115 Å². The molecule has 1 aromatic rings. The van der Waals surface area contributed by atoms with Crippen LogP contribution in [0.15, 0.2) is 29.2 Å². The van der Waals surface area contributed by atoms with Crippen molar-refractivity contribution in [1.29, 1.82) is 0 Å². The van der Waals surface area contributed by atoms with Gasteiger partial charge in [-0.25, -0.2) is 0 Å². The molecule has 0 saturated carbocycles. The lowest BCUT2D eigenvalue weighted by molar-refractivity contribution is -0.107. The molecule has 0 aliphatic carbocycles. The Balaban J connectivity index is 2.54. The van der Waals surface area contributed by atoms with Gasteiger partial charge >= 0.3 is 0 Å². The third kappa shape index (κ3) is 5.92. The van der Waals surface area contributed by atoms with Crippen molar-refractivity contribution in [1.82, 2.24) is 0 Å². The lowest BCUT2D eigenvalue weighted by Gasteiger charge is -2.18. The SMILES string of the molecule is CN(CCCC=O)c1ccc(S[P+](P)=S)cc1. The Bertz CT molecular complexity index is 384. The molecular weight excluding hydrogens is 288 g/mol. The van der Waals surface area contributed by atoms with Gasteiger partial charge in [0.05, 0.1) is 4.90 Å². The topological polar surface area (TPSA) is 20.3 Å². The summed E-state index contributed by atoms with van der Waals surface area (Å²) >= 11 is 6.88. The van der Waals surface area contributed by atoms with Gasteiger partial charge in [0.25, 0.3) is 5.59 Å². The van der Waals surface area contributed by atoms with Crippen LogP contribution in [0.25, 0.3) is 0 Å². The van der Waals surface area contributed by atoms with Gasteiger partial charge in [-0.05, 0) is 30.7 Å². The minimum atomic E-state index is -0.449. The molecule has 2 unspecified atom stereocenters. The molecule has 6 heteroatoms. The van der Waals surface area contributed by atoms with E-state index in [-0.39, 0.29) is 0 Å². The number of aldehydes is 1. The van der Waals surface area contributed by atoms with Crippen LogP contribution in [0.4, 0.5) is 5.69 Å². The number of nitrogens with zero attached hydrogens (tertiary/aromatic N) is 1. The monoisotopic (exact) mass is 304 g/mol. The van der Waals surface area contributed by atoms with Crippen LogP contribution in [0.5, 0.6) is 0 Å². The average Bonchev–Trinajstić information content (AvgIpc) is 2.29. The van der Waals surface area contributed by atoms with Crippen molar-refractivity contribution in [2.24, 2.45) is 0 Å². The van der Waals surface area contributed by atoms with Gasteiger partial charge in [0, 0.05) is 25.7 Å². The molecule has 1 aromatic carbocycles. The van der Waals surface area contributed by atoms with Crippen LogP contribution >= 0.6 is 25.9 Å². The van der Waals surface area contributed by atoms with Crippen LogP contribution < -0.4 is 4.90 Å². The van der Waals surface area contributed by atoms with Crippen molar-refractivity contribution in [3.63, 3.8) is 0 Å². The lowest BCUT2D eigenvalue weighted by Crippen LogP contribution is -2.18. The summed E-state index contributed by atoms with van der Waals surface area (Å²) in [5.41, 5.74) is 0.729. The van der Waals surface area contributed by atoms with E-state index in [4.69, 9.17) is 11.8 Å². The molecule has 0 spiro atoms. The quantitative estimate of drug-likeness (QED) is 0.433. The summed E-state index contributed by atoms with van der Waals surface area (Å²) in [4.78, 5) is 13.6. The van der Waals surface area contributed by atoms with Crippen LogP contribution in [0.2, 0.25) is 0 Å². The van der Waals surface area contributed by atoms with Gasteiger partial charge in [0.1, 0.15) is 26.6 Å². The minimum Gasteiger partial charge on any atom is -0.375 e. The van der Waals surface area contributed by atoms with Gasteiger partial charge in [-0.15, -0.1) is 0 Å².